The van der Waals surface area contributed by atoms with E-state index in [2.05, 4.69) is 10.6 Å². The van der Waals surface area contributed by atoms with Crippen LogP contribution in [0.1, 0.15) is 43.5 Å². The summed E-state index contributed by atoms with van der Waals surface area (Å²) in [6.07, 6.45) is 1.57. The van der Waals surface area contributed by atoms with E-state index in [1.807, 2.05) is 13.8 Å². The molecule has 0 spiro atoms. The molecule has 0 aromatic heterocycles. The SMILES string of the molecule is CCCC(O)CNC(=O)c1cc(F)ccc1NC(=O)C1CC1C. The Bertz CT molecular complexity index is 591. The average molecular weight is 322 g/mol. The van der Waals surface area contributed by atoms with Crippen molar-refractivity contribution >= 4 is 17.5 Å². The van der Waals surface area contributed by atoms with Gasteiger partial charge in [0.2, 0.25) is 5.91 Å². The summed E-state index contributed by atoms with van der Waals surface area (Å²) < 4.78 is 13.5. The van der Waals surface area contributed by atoms with E-state index in [1.165, 1.54) is 12.1 Å². The Morgan fingerprint density at radius 1 is 1.43 bits per heavy atom. The molecule has 23 heavy (non-hydrogen) atoms. The van der Waals surface area contributed by atoms with Crippen LogP contribution in [0.2, 0.25) is 0 Å². The summed E-state index contributed by atoms with van der Waals surface area (Å²) in [6.45, 7) is 4.01. The van der Waals surface area contributed by atoms with E-state index >= 15 is 0 Å². The van der Waals surface area contributed by atoms with Crippen LogP contribution in [0.4, 0.5) is 10.1 Å². The maximum Gasteiger partial charge on any atom is 0.253 e. The number of anilines is 1. The number of aliphatic hydroxyl groups is 1. The van der Waals surface area contributed by atoms with E-state index in [4.69, 9.17) is 0 Å². The molecule has 2 rings (SSSR count). The average Bonchev–Trinajstić information content (AvgIpc) is 3.24. The molecule has 0 heterocycles. The van der Waals surface area contributed by atoms with Gasteiger partial charge in [-0.25, -0.2) is 4.39 Å². The molecule has 6 heteroatoms. The van der Waals surface area contributed by atoms with Crippen molar-refractivity contribution in [3.63, 3.8) is 0 Å². The molecule has 1 aromatic rings. The van der Waals surface area contributed by atoms with Crippen molar-refractivity contribution < 1.29 is 19.1 Å². The lowest BCUT2D eigenvalue weighted by Gasteiger charge is -2.14. The third-order valence-corrected chi connectivity index (χ3v) is 4.05. The van der Waals surface area contributed by atoms with Crippen molar-refractivity contribution in [3.8, 4) is 0 Å². The van der Waals surface area contributed by atoms with Gasteiger partial charge in [0.15, 0.2) is 0 Å². The molecule has 0 bridgehead atoms. The number of carbonyl (C=O) groups excluding carboxylic acids is 2. The van der Waals surface area contributed by atoms with Crippen LogP contribution < -0.4 is 10.6 Å². The van der Waals surface area contributed by atoms with Crippen LogP contribution in [-0.4, -0.2) is 29.6 Å². The summed E-state index contributed by atoms with van der Waals surface area (Å²) in [6, 6.07) is 3.68. The number of hydrogen-bond acceptors (Lipinski definition) is 3. The third kappa shape index (κ3) is 4.76. The van der Waals surface area contributed by atoms with E-state index < -0.39 is 17.8 Å². The molecule has 1 saturated carbocycles. The van der Waals surface area contributed by atoms with Gasteiger partial charge in [0, 0.05) is 12.5 Å². The highest BCUT2D eigenvalue weighted by atomic mass is 19.1. The van der Waals surface area contributed by atoms with Crippen molar-refractivity contribution in [1.82, 2.24) is 5.32 Å². The summed E-state index contributed by atoms with van der Waals surface area (Å²) in [7, 11) is 0. The van der Waals surface area contributed by atoms with Crippen molar-refractivity contribution in [2.75, 3.05) is 11.9 Å². The van der Waals surface area contributed by atoms with Gasteiger partial charge in [-0.2, -0.15) is 0 Å². The molecular weight excluding hydrogens is 299 g/mol. The zero-order chi connectivity index (χ0) is 17.0. The van der Waals surface area contributed by atoms with Crippen molar-refractivity contribution in [1.29, 1.82) is 0 Å². The Morgan fingerprint density at radius 3 is 2.74 bits per heavy atom. The van der Waals surface area contributed by atoms with Crippen LogP contribution in [0.15, 0.2) is 18.2 Å². The molecule has 3 atom stereocenters. The lowest BCUT2D eigenvalue weighted by molar-refractivity contribution is -0.117. The molecular formula is C17H23FN2O3. The number of amides is 2. The second-order valence-corrected chi connectivity index (χ2v) is 6.15. The first-order valence-electron chi connectivity index (χ1n) is 7.99. The van der Waals surface area contributed by atoms with Gasteiger partial charge in [0.05, 0.1) is 17.4 Å². The highest BCUT2D eigenvalue weighted by molar-refractivity contribution is 6.04. The predicted octanol–water partition coefficient (Wildman–Crippen LogP) is 2.31. The molecule has 3 N–H and O–H groups in total. The second kappa shape index (κ2) is 7.55. The second-order valence-electron chi connectivity index (χ2n) is 6.15. The van der Waals surface area contributed by atoms with Crippen LogP contribution >= 0.6 is 0 Å². The standard InChI is InChI=1S/C17H23FN2O3/c1-3-4-12(21)9-19-16(22)14-8-11(18)5-6-15(14)20-17(23)13-7-10(13)2/h5-6,8,10,12-13,21H,3-4,7,9H2,1-2H3,(H,19,22)(H,20,23). The summed E-state index contributed by atoms with van der Waals surface area (Å²) in [4.78, 5) is 24.2. The van der Waals surface area contributed by atoms with Gasteiger partial charge in [-0.05, 0) is 37.0 Å². The largest absolute Gasteiger partial charge is 0.391 e. The van der Waals surface area contributed by atoms with E-state index in [9.17, 15) is 19.1 Å². The number of nitrogens with one attached hydrogen (secondary N) is 2. The van der Waals surface area contributed by atoms with Crippen molar-refractivity contribution in [2.24, 2.45) is 11.8 Å². The number of aliphatic hydroxyl groups excluding tert-OH is 1. The van der Waals surface area contributed by atoms with Crippen molar-refractivity contribution in [3.05, 3.63) is 29.6 Å². The smallest absolute Gasteiger partial charge is 0.253 e. The number of carbonyl (C=O) groups is 2. The van der Waals surface area contributed by atoms with E-state index in [-0.39, 0.29) is 29.6 Å². The number of hydrogen-bond donors (Lipinski definition) is 3. The molecule has 0 saturated heterocycles. The highest BCUT2D eigenvalue weighted by Gasteiger charge is 2.39. The molecule has 126 valence electrons. The highest BCUT2D eigenvalue weighted by Crippen LogP contribution is 2.38. The van der Waals surface area contributed by atoms with Gasteiger partial charge in [0.25, 0.3) is 5.91 Å². The molecule has 3 unspecified atom stereocenters. The molecule has 2 amide bonds. The maximum absolute atomic E-state index is 13.5. The molecule has 5 nitrogen and oxygen atoms in total. The quantitative estimate of drug-likeness (QED) is 0.721. The van der Waals surface area contributed by atoms with Gasteiger partial charge >= 0.3 is 0 Å². The lowest BCUT2D eigenvalue weighted by atomic mass is 10.1. The molecule has 0 aliphatic heterocycles. The zero-order valence-corrected chi connectivity index (χ0v) is 13.4. The Morgan fingerprint density at radius 2 is 2.13 bits per heavy atom. The van der Waals surface area contributed by atoms with Gasteiger partial charge in [0.1, 0.15) is 5.82 Å². The van der Waals surface area contributed by atoms with E-state index in [1.54, 1.807) is 0 Å². The monoisotopic (exact) mass is 322 g/mol. The van der Waals surface area contributed by atoms with E-state index in [0.29, 0.717) is 12.3 Å². The fraction of sp³-hybridized carbons (Fsp3) is 0.529. The normalized spacial score (nSPS) is 20.7. The first-order chi connectivity index (χ1) is 10.9. The summed E-state index contributed by atoms with van der Waals surface area (Å²) in [5, 5.41) is 14.9. The summed E-state index contributed by atoms with van der Waals surface area (Å²) in [5.41, 5.74) is 0.355. The van der Waals surface area contributed by atoms with Crippen LogP contribution in [-0.2, 0) is 4.79 Å². The Labute approximate surface area is 135 Å². The van der Waals surface area contributed by atoms with Gasteiger partial charge < -0.3 is 15.7 Å². The summed E-state index contributed by atoms with van der Waals surface area (Å²) in [5.74, 6) is -0.913. The van der Waals surface area contributed by atoms with E-state index in [0.717, 1.165) is 18.9 Å². The van der Waals surface area contributed by atoms with Gasteiger partial charge in [-0.3, -0.25) is 9.59 Å². The molecule has 1 aliphatic carbocycles. The maximum atomic E-state index is 13.5. The Kier molecular flexibility index (Phi) is 5.71. The Balaban J connectivity index is 2.05. The topological polar surface area (TPSA) is 78.4 Å². The van der Waals surface area contributed by atoms with Crippen molar-refractivity contribution in [2.45, 2.75) is 39.2 Å². The van der Waals surface area contributed by atoms with Crippen LogP contribution in [0.3, 0.4) is 0 Å². The predicted molar refractivity (Wildman–Crippen MR) is 85.5 cm³/mol. The van der Waals surface area contributed by atoms with Crippen LogP contribution in [0.25, 0.3) is 0 Å². The number of rotatable bonds is 7. The minimum Gasteiger partial charge on any atom is -0.391 e. The first kappa shape index (κ1) is 17.4. The molecule has 1 aromatic carbocycles. The van der Waals surface area contributed by atoms with Crippen LogP contribution in [0, 0.1) is 17.7 Å². The fourth-order valence-corrected chi connectivity index (χ4v) is 2.47. The Hall–Kier alpha value is -1.95. The third-order valence-electron chi connectivity index (χ3n) is 4.05. The van der Waals surface area contributed by atoms with Gasteiger partial charge in [-0.1, -0.05) is 20.3 Å². The molecule has 1 fully saturated rings. The van der Waals surface area contributed by atoms with Gasteiger partial charge in [-0.15, -0.1) is 0 Å². The minimum atomic E-state index is -0.636. The first-order valence-corrected chi connectivity index (χ1v) is 7.99. The fourth-order valence-electron chi connectivity index (χ4n) is 2.47. The van der Waals surface area contributed by atoms with Crippen LogP contribution in [0.5, 0.6) is 0 Å². The molecule has 0 radical (unpaired) electrons. The number of halogens is 1. The zero-order valence-electron chi connectivity index (χ0n) is 13.4. The minimum absolute atomic E-state index is 0.0395. The number of benzene rings is 1. The molecule has 1 aliphatic rings. The summed E-state index contributed by atoms with van der Waals surface area (Å²) >= 11 is 0. The lowest BCUT2D eigenvalue weighted by Crippen LogP contribution is -2.32.